The van der Waals surface area contributed by atoms with Crippen LogP contribution >= 0.6 is 0 Å². The summed E-state index contributed by atoms with van der Waals surface area (Å²) in [5.74, 6) is -0.427. The summed E-state index contributed by atoms with van der Waals surface area (Å²) in [6.45, 7) is 0.558. The molecule has 0 bridgehead atoms. The lowest BCUT2D eigenvalue weighted by molar-refractivity contribution is -0.120. The van der Waals surface area contributed by atoms with Crippen molar-refractivity contribution in [1.29, 1.82) is 0 Å². The number of amides is 1. The molecule has 126 valence electrons. The van der Waals surface area contributed by atoms with E-state index in [-0.39, 0.29) is 18.1 Å². The normalized spacial score (nSPS) is 11.2. The molecule has 0 saturated carbocycles. The molecule has 3 aromatic heterocycles. The summed E-state index contributed by atoms with van der Waals surface area (Å²) in [4.78, 5) is 19.7. The number of hydrogen-bond acceptors (Lipinski definition) is 2. The average molecular weight is 336 g/mol. The predicted molar refractivity (Wildman–Crippen MR) is 93.9 cm³/mol. The van der Waals surface area contributed by atoms with Crippen molar-refractivity contribution < 1.29 is 9.18 Å². The maximum atomic E-state index is 13.2. The summed E-state index contributed by atoms with van der Waals surface area (Å²) in [5, 5.41) is 4.09. The fourth-order valence-electron chi connectivity index (χ4n) is 3.00. The van der Waals surface area contributed by atoms with Gasteiger partial charge in [0.15, 0.2) is 0 Å². The quantitative estimate of drug-likeness (QED) is 0.589. The number of carbonyl (C=O) groups excluding carboxylic acids is 1. The van der Waals surface area contributed by atoms with Crippen molar-refractivity contribution in [2.45, 2.75) is 12.8 Å². The third kappa shape index (κ3) is 3.24. The highest BCUT2D eigenvalue weighted by Crippen LogP contribution is 2.17. The predicted octanol–water partition coefficient (Wildman–Crippen LogP) is 2.86. The van der Waals surface area contributed by atoms with Gasteiger partial charge in [-0.1, -0.05) is 18.2 Å². The molecule has 0 saturated heterocycles. The van der Waals surface area contributed by atoms with E-state index in [0.29, 0.717) is 17.9 Å². The molecule has 4 aromatic rings. The van der Waals surface area contributed by atoms with E-state index in [1.807, 2.05) is 24.4 Å². The second-order valence-electron chi connectivity index (χ2n) is 5.98. The maximum absolute atomic E-state index is 13.2. The van der Waals surface area contributed by atoms with Gasteiger partial charge in [-0.05, 0) is 30.2 Å². The monoisotopic (exact) mass is 336 g/mol. The van der Waals surface area contributed by atoms with Gasteiger partial charge in [0.2, 0.25) is 5.91 Å². The van der Waals surface area contributed by atoms with Gasteiger partial charge in [-0.3, -0.25) is 4.79 Å². The molecule has 1 aromatic carbocycles. The Morgan fingerprint density at radius 2 is 2.08 bits per heavy atom. The number of nitrogens with zero attached hydrogens (tertiary/aromatic N) is 2. The van der Waals surface area contributed by atoms with Gasteiger partial charge >= 0.3 is 0 Å². The van der Waals surface area contributed by atoms with Gasteiger partial charge in [-0.25, -0.2) is 9.37 Å². The van der Waals surface area contributed by atoms with Gasteiger partial charge in [0.05, 0.1) is 12.1 Å². The molecule has 25 heavy (non-hydrogen) atoms. The Kier molecular flexibility index (Phi) is 3.93. The van der Waals surface area contributed by atoms with Crippen molar-refractivity contribution in [2.24, 2.45) is 0 Å². The molecule has 6 heteroatoms. The first kappa shape index (κ1) is 15.4. The number of benzene rings is 1. The molecular weight excluding hydrogens is 319 g/mol. The van der Waals surface area contributed by atoms with Crippen molar-refractivity contribution in [3.63, 3.8) is 0 Å². The van der Waals surface area contributed by atoms with Crippen LogP contribution in [0.3, 0.4) is 0 Å². The van der Waals surface area contributed by atoms with Crippen LogP contribution < -0.4 is 5.32 Å². The van der Waals surface area contributed by atoms with Crippen LogP contribution in [-0.4, -0.2) is 26.8 Å². The Bertz CT molecular complexity index is 1050. The maximum Gasteiger partial charge on any atom is 0.226 e. The van der Waals surface area contributed by atoms with E-state index in [2.05, 4.69) is 21.4 Å². The molecule has 0 radical (unpaired) electrons. The zero-order chi connectivity index (χ0) is 17.2. The van der Waals surface area contributed by atoms with Gasteiger partial charge in [0.25, 0.3) is 0 Å². The van der Waals surface area contributed by atoms with Crippen LogP contribution in [0.1, 0.15) is 11.3 Å². The summed E-state index contributed by atoms with van der Waals surface area (Å²) in [6, 6.07) is 11.0. The summed E-state index contributed by atoms with van der Waals surface area (Å²) in [7, 11) is 0. The number of aromatic nitrogens is 3. The van der Waals surface area contributed by atoms with E-state index in [9.17, 15) is 9.18 Å². The van der Waals surface area contributed by atoms with Crippen LogP contribution in [-0.2, 0) is 17.6 Å². The molecule has 0 aliphatic rings. The number of fused-ring (bicyclic) bond motifs is 2. The molecular formula is C19H17FN4O. The number of nitrogens with one attached hydrogen (secondary N) is 2. The third-order valence-corrected chi connectivity index (χ3v) is 4.20. The minimum atomic E-state index is -0.334. The molecule has 1 amide bonds. The van der Waals surface area contributed by atoms with Crippen molar-refractivity contribution >= 4 is 22.5 Å². The summed E-state index contributed by atoms with van der Waals surface area (Å²) >= 11 is 0. The fraction of sp³-hybridized carbons (Fsp3) is 0.158. The van der Waals surface area contributed by atoms with Crippen molar-refractivity contribution in [3.05, 3.63) is 72.1 Å². The average Bonchev–Trinajstić information content (AvgIpc) is 3.18. The van der Waals surface area contributed by atoms with Gasteiger partial charge in [-0.2, -0.15) is 0 Å². The molecule has 5 nitrogen and oxygen atoms in total. The van der Waals surface area contributed by atoms with Crippen LogP contribution in [0.5, 0.6) is 0 Å². The highest BCUT2D eigenvalue weighted by atomic mass is 19.1. The number of hydrogen-bond donors (Lipinski definition) is 2. The lowest BCUT2D eigenvalue weighted by Crippen LogP contribution is -2.27. The molecule has 0 aliphatic carbocycles. The standard InChI is InChI=1S/C19H17FN4O/c20-14-5-6-18-23-15(12-24(18)11-14)9-19(25)21-8-7-13-10-22-17-4-2-1-3-16(13)17/h1-6,10-12,22H,7-9H2,(H,21,25). The minimum absolute atomic E-state index is 0.0938. The van der Waals surface area contributed by atoms with Crippen LogP contribution in [0.25, 0.3) is 16.6 Å². The van der Waals surface area contributed by atoms with E-state index in [1.54, 1.807) is 16.7 Å². The van der Waals surface area contributed by atoms with E-state index in [1.165, 1.54) is 23.2 Å². The SMILES string of the molecule is O=C(Cc1cn2cc(F)ccc2n1)NCCc1c[nH]c2ccccc12. The Hall–Kier alpha value is -3.15. The zero-order valence-electron chi connectivity index (χ0n) is 13.5. The van der Waals surface area contributed by atoms with Crippen molar-refractivity contribution in [3.8, 4) is 0 Å². The molecule has 0 unspecified atom stereocenters. The summed E-state index contributed by atoms with van der Waals surface area (Å²) < 4.78 is 14.8. The minimum Gasteiger partial charge on any atom is -0.361 e. The number of H-pyrrole nitrogens is 1. The third-order valence-electron chi connectivity index (χ3n) is 4.20. The number of aromatic amines is 1. The second-order valence-corrected chi connectivity index (χ2v) is 5.98. The molecule has 0 spiro atoms. The second kappa shape index (κ2) is 6.39. The van der Waals surface area contributed by atoms with Gasteiger partial charge in [-0.15, -0.1) is 0 Å². The van der Waals surface area contributed by atoms with E-state index in [4.69, 9.17) is 0 Å². The number of rotatable bonds is 5. The topological polar surface area (TPSA) is 62.2 Å². The number of pyridine rings is 1. The van der Waals surface area contributed by atoms with Gasteiger partial charge in [0.1, 0.15) is 11.5 Å². The lowest BCUT2D eigenvalue weighted by atomic mass is 10.1. The van der Waals surface area contributed by atoms with Crippen molar-refractivity contribution in [2.75, 3.05) is 6.54 Å². The Labute approximate surface area is 143 Å². The van der Waals surface area contributed by atoms with E-state index < -0.39 is 0 Å². The first-order valence-corrected chi connectivity index (χ1v) is 8.14. The summed E-state index contributed by atoms with van der Waals surface area (Å²) in [6.07, 6.45) is 5.94. The molecule has 0 fully saturated rings. The Morgan fingerprint density at radius 1 is 1.20 bits per heavy atom. The van der Waals surface area contributed by atoms with Gasteiger partial charge < -0.3 is 14.7 Å². The van der Waals surface area contributed by atoms with E-state index >= 15 is 0 Å². The number of carbonyl (C=O) groups is 1. The zero-order valence-corrected chi connectivity index (χ0v) is 13.5. The number of halogens is 1. The first-order valence-electron chi connectivity index (χ1n) is 8.14. The number of imidazole rings is 1. The molecule has 2 N–H and O–H groups in total. The highest BCUT2D eigenvalue weighted by molar-refractivity contribution is 5.83. The molecule has 3 heterocycles. The Morgan fingerprint density at radius 3 is 3.00 bits per heavy atom. The van der Waals surface area contributed by atoms with Gasteiger partial charge in [0, 0.05) is 36.0 Å². The molecule has 0 aliphatic heterocycles. The summed E-state index contributed by atoms with van der Waals surface area (Å²) in [5.41, 5.74) is 3.53. The molecule has 4 rings (SSSR count). The molecule has 0 atom stereocenters. The lowest BCUT2D eigenvalue weighted by Gasteiger charge is -2.03. The van der Waals surface area contributed by atoms with Crippen LogP contribution in [0.4, 0.5) is 4.39 Å². The largest absolute Gasteiger partial charge is 0.361 e. The fourth-order valence-corrected chi connectivity index (χ4v) is 3.00. The Balaban J connectivity index is 1.35. The van der Waals surface area contributed by atoms with Crippen molar-refractivity contribution in [1.82, 2.24) is 19.7 Å². The number of para-hydroxylation sites is 1. The first-order chi connectivity index (χ1) is 12.2. The van der Waals surface area contributed by atoms with Crippen LogP contribution in [0, 0.1) is 5.82 Å². The van der Waals surface area contributed by atoms with Crippen LogP contribution in [0.15, 0.2) is 55.0 Å². The van der Waals surface area contributed by atoms with Crippen LogP contribution in [0.2, 0.25) is 0 Å². The smallest absolute Gasteiger partial charge is 0.226 e. The van der Waals surface area contributed by atoms with E-state index in [0.717, 1.165) is 11.9 Å². The highest BCUT2D eigenvalue weighted by Gasteiger charge is 2.09.